The molecule has 0 spiro atoms. The number of likely N-dealkylation sites (tertiary alicyclic amines) is 1. The van der Waals surface area contributed by atoms with Crippen LogP contribution >= 0.6 is 11.3 Å². The first-order valence-corrected chi connectivity index (χ1v) is 11.2. The van der Waals surface area contributed by atoms with Gasteiger partial charge in [0, 0.05) is 44.6 Å². The summed E-state index contributed by atoms with van der Waals surface area (Å²) < 4.78 is 7.39. The molecule has 162 valence electrons. The summed E-state index contributed by atoms with van der Waals surface area (Å²) in [5, 5.41) is 0.594. The van der Waals surface area contributed by atoms with E-state index in [-0.39, 0.29) is 18.6 Å². The molecule has 4 rings (SSSR count). The maximum atomic E-state index is 13.0. The number of esters is 1. The van der Waals surface area contributed by atoms with Crippen LogP contribution in [0.1, 0.15) is 51.5 Å². The van der Waals surface area contributed by atoms with Gasteiger partial charge in [0.1, 0.15) is 10.6 Å². The average molecular weight is 440 g/mol. The fourth-order valence-corrected chi connectivity index (χ4v) is 4.75. The molecule has 1 atom stereocenters. The van der Waals surface area contributed by atoms with Crippen LogP contribution in [0.15, 0.2) is 36.8 Å². The standard InChI is InChI=1S/C22H25N5O3S/c1-15-18(31-20(25-15)19-23-10-6-11-24-19)22(29)30-14-9-16-7-3-4-13-27(16)21(28)17-8-5-12-26(17)2/h5-6,8,10-12,16H,3-4,7,9,13-14H2,1-2H3. The zero-order chi connectivity index (χ0) is 21.8. The van der Waals surface area contributed by atoms with Crippen molar-refractivity contribution >= 4 is 23.2 Å². The molecule has 0 radical (unpaired) electrons. The normalized spacial score (nSPS) is 16.3. The van der Waals surface area contributed by atoms with E-state index >= 15 is 0 Å². The third kappa shape index (κ3) is 4.66. The monoisotopic (exact) mass is 439 g/mol. The lowest BCUT2D eigenvalue weighted by molar-refractivity contribution is 0.0409. The first kappa shape index (κ1) is 21.2. The van der Waals surface area contributed by atoms with Crippen LogP contribution in [0.25, 0.3) is 10.8 Å². The van der Waals surface area contributed by atoms with E-state index in [1.807, 2.05) is 34.8 Å². The third-order valence-corrected chi connectivity index (χ3v) is 6.61. The molecular weight excluding hydrogens is 414 g/mol. The van der Waals surface area contributed by atoms with Crippen LogP contribution in [0.2, 0.25) is 0 Å². The van der Waals surface area contributed by atoms with E-state index in [4.69, 9.17) is 4.74 Å². The van der Waals surface area contributed by atoms with Crippen LogP contribution in [0.5, 0.6) is 0 Å². The van der Waals surface area contributed by atoms with Crippen molar-refractivity contribution in [3.8, 4) is 10.8 Å². The van der Waals surface area contributed by atoms with Gasteiger partial charge in [-0.05, 0) is 44.4 Å². The number of aromatic nitrogens is 4. The van der Waals surface area contributed by atoms with Gasteiger partial charge in [-0.25, -0.2) is 19.7 Å². The minimum atomic E-state index is -0.395. The molecule has 1 amide bonds. The van der Waals surface area contributed by atoms with Gasteiger partial charge in [0.2, 0.25) is 0 Å². The SMILES string of the molecule is Cc1nc(-c2ncccn2)sc1C(=O)OCCC1CCCCN1C(=O)c1cccn1C. The Bertz CT molecular complexity index is 1060. The second-order valence-corrected chi connectivity index (χ2v) is 8.58. The second kappa shape index (κ2) is 9.38. The number of piperidine rings is 1. The van der Waals surface area contributed by atoms with Gasteiger partial charge in [0.15, 0.2) is 10.8 Å². The van der Waals surface area contributed by atoms with Crippen molar-refractivity contribution in [2.45, 2.75) is 38.6 Å². The number of thiazole rings is 1. The average Bonchev–Trinajstić information content (AvgIpc) is 3.39. The number of hydrogen-bond donors (Lipinski definition) is 0. The molecule has 0 bridgehead atoms. The molecule has 1 saturated heterocycles. The molecule has 31 heavy (non-hydrogen) atoms. The summed E-state index contributed by atoms with van der Waals surface area (Å²) in [6.07, 6.45) is 8.77. The van der Waals surface area contributed by atoms with Crippen molar-refractivity contribution in [2.24, 2.45) is 7.05 Å². The van der Waals surface area contributed by atoms with Gasteiger partial charge < -0.3 is 14.2 Å². The van der Waals surface area contributed by atoms with Gasteiger partial charge in [-0.15, -0.1) is 11.3 Å². The van der Waals surface area contributed by atoms with Crippen molar-refractivity contribution in [3.05, 3.63) is 53.1 Å². The summed E-state index contributed by atoms with van der Waals surface area (Å²) in [7, 11) is 1.88. The lowest BCUT2D eigenvalue weighted by atomic mass is 9.99. The Hall–Kier alpha value is -3.07. The van der Waals surface area contributed by atoms with Crippen molar-refractivity contribution in [2.75, 3.05) is 13.2 Å². The Labute approximate surface area is 184 Å². The molecule has 4 heterocycles. The Morgan fingerprint density at radius 3 is 2.77 bits per heavy atom. The van der Waals surface area contributed by atoms with Crippen LogP contribution in [-0.4, -0.2) is 55.5 Å². The summed E-state index contributed by atoms with van der Waals surface area (Å²) in [5.74, 6) is 0.134. The molecule has 9 heteroatoms. The molecule has 0 aliphatic carbocycles. The first-order chi connectivity index (χ1) is 15.0. The highest BCUT2D eigenvalue weighted by atomic mass is 32.1. The zero-order valence-corrected chi connectivity index (χ0v) is 18.5. The fourth-order valence-electron chi connectivity index (χ4n) is 3.84. The van der Waals surface area contributed by atoms with Crippen LogP contribution in [0.4, 0.5) is 0 Å². The number of amides is 1. The number of aryl methyl sites for hydroxylation is 2. The van der Waals surface area contributed by atoms with E-state index in [0.717, 1.165) is 25.8 Å². The van der Waals surface area contributed by atoms with Crippen LogP contribution in [0, 0.1) is 6.92 Å². The van der Waals surface area contributed by atoms with Crippen molar-refractivity contribution < 1.29 is 14.3 Å². The summed E-state index contributed by atoms with van der Waals surface area (Å²) in [4.78, 5) is 40.8. The molecule has 0 N–H and O–H groups in total. The minimum Gasteiger partial charge on any atom is -0.461 e. The lowest BCUT2D eigenvalue weighted by Gasteiger charge is -2.35. The molecule has 8 nitrogen and oxygen atoms in total. The molecule has 1 fully saturated rings. The number of rotatable bonds is 6. The van der Waals surface area contributed by atoms with E-state index in [1.54, 1.807) is 25.4 Å². The molecule has 0 aromatic carbocycles. The summed E-state index contributed by atoms with van der Waals surface area (Å²) in [6, 6.07) is 5.52. The Morgan fingerprint density at radius 1 is 1.23 bits per heavy atom. The van der Waals surface area contributed by atoms with E-state index in [0.29, 0.717) is 33.5 Å². The van der Waals surface area contributed by atoms with Crippen LogP contribution in [0.3, 0.4) is 0 Å². The number of carbonyl (C=O) groups excluding carboxylic acids is 2. The Morgan fingerprint density at radius 2 is 2.03 bits per heavy atom. The van der Waals surface area contributed by atoms with E-state index in [2.05, 4.69) is 15.0 Å². The van der Waals surface area contributed by atoms with Crippen molar-refractivity contribution in [1.82, 2.24) is 24.4 Å². The van der Waals surface area contributed by atoms with E-state index < -0.39 is 5.97 Å². The number of hydrogen-bond acceptors (Lipinski definition) is 7. The van der Waals surface area contributed by atoms with Crippen molar-refractivity contribution in [1.29, 1.82) is 0 Å². The van der Waals surface area contributed by atoms with Crippen molar-refractivity contribution in [3.63, 3.8) is 0 Å². The summed E-state index contributed by atoms with van der Waals surface area (Å²) >= 11 is 1.23. The highest BCUT2D eigenvalue weighted by Crippen LogP contribution is 2.26. The van der Waals surface area contributed by atoms with Gasteiger partial charge >= 0.3 is 5.97 Å². The Balaban J connectivity index is 1.37. The maximum absolute atomic E-state index is 13.0. The van der Waals surface area contributed by atoms with Gasteiger partial charge in [-0.2, -0.15) is 0 Å². The first-order valence-electron chi connectivity index (χ1n) is 10.4. The number of ether oxygens (including phenoxy) is 1. The number of nitrogens with zero attached hydrogens (tertiary/aromatic N) is 5. The fraction of sp³-hybridized carbons (Fsp3) is 0.409. The summed E-state index contributed by atoms with van der Waals surface area (Å²) in [5.41, 5.74) is 1.29. The molecule has 1 aliphatic rings. The van der Waals surface area contributed by atoms with Gasteiger partial charge in [0.25, 0.3) is 5.91 Å². The minimum absolute atomic E-state index is 0.0364. The van der Waals surface area contributed by atoms with Crippen LogP contribution in [-0.2, 0) is 11.8 Å². The molecule has 3 aromatic heterocycles. The van der Waals surface area contributed by atoms with Gasteiger partial charge in [-0.1, -0.05) is 0 Å². The maximum Gasteiger partial charge on any atom is 0.350 e. The molecule has 3 aromatic rings. The van der Waals surface area contributed by atoms with Crippen LogP contribution < -0.4 is 0 Å². The smallest absolute Gasteiger partial charge is 0.350 e. The topological polar surface area (TPSA) is 90.2 Å². The van der Waals surface area contributed by atoms with E-state index in [1.165, 1.54) is 11.3 Å². The third-order valence-electron chi connectivity index (χ3n) is 5.47. The van der Waals surface area contributed by atoms with Gasteiger partial charge in [-0.3, -0.25) is 4.79 Å². The molecular formula is C22H25N5O3S. The largest absolute Gasteiger partial charge is 0.461 e. The highest BCUT2D eigenvalue weighted by Gasteiger charge is 2.29. The lowest BCUT2D eigenvalue weighted by Crippen LogP contribution is -2.44. The molecule has 1 unspecified atom stereocenters. The summed E-state index contributed by atoms with van der Waals surface area (Å²) in [6.45, 7) is 2.77. The molecule has 0 saturated carbocycles. The predicted molar refractivity (Wildman–Crippen MR) is 117 cm³/mol. The zero-order valence-electron chi connectivity index (χ0n) is 17.7. The second-order valence-electron chi connectivity index (χ2n) is 7.58. The highest BCUT2D eigenvalue weighted by molar-refractivity contribution is 7.16. The predicted octanol–water partition coefficient (Wildman–Crippen LogP) is 3.49. The van der Waals surface area contributed by atoms with E-state index in [9.17, 15) is 9.59 Å². The van der Waals surface area contributed by atoms with Gasteiger partial charge in [0.05, 0.1) is 12.3 Å². The quantitative estimate of drug-likeness (QED) is 0.546. The number of carbonyl (C=O) groups is 2. The molecule has 1 aliphatic heterocycles. The Kier molecular flexibility index (Phi) is 6.41.